The zero-order valence-electron chi connectivity index (χ0n) is 8.21. The van der Waals surface area contributed by atoms with E-state index in [0.29, 0.717) is 4.47 Å². The maximum absolute atomic E-state index is 13.4. The third kappa shape index (κ3) is 3.64. The summed E-state index contributed by atoms with van der Waals surface area (Å²) in [4.78, 5) is 4.72. The first-order valence-electron chi connectivity index (χ1n) is 4.49. The van der Waals surface area contributed by atoms with E-state index in [1.807, 2.05) is 0 Å². The second kappa shape index (κ2) is 6.05. The molecule has 0 aliphatic carbocycles. The first kappa shape index (κ1) is 13.2. The number of halogens is 4. The molecule has 0 aliphatic heterocycles. The molecule has 1 aromatic heterocycles. The number of hydrogen-bond acceptors (Lipinski definition) is 3. The van der Waals surface area contributed by atoms with Gasteiger partial charge in [-0.1, -0.05) is 0 Å². The van der Waals surface area contributed by atoms with Crippen LogP contribution < -0.4 is 4.90 Å². The van der Waals surface area contributed by atoms with Crippen molar-refractivity contribution in [2.45, 2.75) is 6.43 Å². The largest absolute Gasteiger partial charge is 0.395 e. The molecule has 90 valence electrons. The van der Waals surface area contributed by atoms with E-state index in [0.717, 1.165) is 11.0 Å². The van der Waals surface area contributed by atoms with Crippen molar-refractivity contribution in [3.05, 3.63) is 22.6 Å². The SMILES string of the molecule is OCCN(CC(F)F)c1ncc(Br)cc1F. The molecule has 3 nitrogen and oxygen atoms in total. The number of hydrogen-bond donors (Lipinski definition) is 1. The van der Waals surface area contributed by atoms with Crippen LogP contribution in [0.2, 0.25) is 0 Å². The third-order valence-electron chi connectivity index (χ3n) is 1.82. The van der Waals surface area contributed by atoms with Crippen LogP contribution in [0.3, 0.4) is 0 Å². The lowest BCUT2D eigenvalue weighted by Crippen LogP contribution is -2.33. The highest BCUT2D eigenvalue weighted by molar-refractivity contribution is 9.10. The summed E-state index contributed by atoms with van der Waals surface area (Å²) in [6.45, 7) is -1.09. The van der Waals surface area contributed by atoms with Gasteiger partial charge < -0.3 is 10.0 Å². The van der Waals surface area contributed by atoms with Crippen LogP contribution in [-0.2, 0) is 0 Å². The van der Waals surface area contributed by atoms with Crippen LogP contribution in [0.1, 0.15) is 0 Å². The van der Waals surface area contributed by atoms with Gasteiger partial charge in [-0.3, -0.25) is 0 Å². The van der Waals surface area contributed by atoms with Crippen molar-refractivity contribution >= 4 is 21.7 Å². The molecule has 0 bridgehead atoms. The lowest BCUT2D eigenvalue weighted by atomic mass is 10.4. The normalized spacial score (nSPS) is 10.9. The van der Waals surface area contributed by atoms with E-state index in [1.165, 1.54) is 6.20 Å². The van der Waals surface area contributed by atoms with Gasteiger partial charge in [0, 0.05) is 17.2 Å². The lowest BCUT2D eigenvalue weighted by molar-refractivity contribution is 0.152. The zero-order valence-corrected chi connectivity index (χ0v) is 9.79. The Morgan fingerprint density at radius 2 is 2.19 bits per heavy atom. The van der Waals surface area contributed by atoms with Gasteiger partial charge in [0.25, 0.3) is 6.43 Å². The van der Waals surface area contributed by atoms with Crippen molar-refractivity contribution in [2.75, 3.05) is 24.6 Å². The number of alkyl halides is 2. The summed E-state index contributed by atoms with van der Waals surface area (Å²) in [7, 11) is 0. The summed E-state index contributed by atoms with van der Waals surface area (Å²) in [5, 5.41) is 8.71. The Balaban J connectivity index is 2.91. The van der Waals surface area contributed by atoms with Gasteiger partial charge in [-0.05, 0) is 22.0 Å². The fourth-order valence-corrected chi connectivity index (χ4v) is 1.51. The van der Waals surface area contributed by atoms with Crippen LogP contribution in [0, 0.1) is 5.82 Å². The lowest BCUT2D eigenvalue weighted by Gasteiger charge is -2.22. The highest BCUT2D eigenvalue weighted by atomic mass is 79.9. The smallest absolute Gasteiger partial charge is 0.255 e. The number of aromatic nitrogens is 1. The highest BCUT2D eigenvalue weighted by Crippen LogP contribution is 2.20. The van der Waals surface area contributed by atoms with Gasteiger partial charge in [0.2, 0.25) is 0 Å². The summed E-state index contributed by atoms with van der Waals surface area (Å²) in [6.07, 6.45) is -1.30. The van der Waals surface area contributed by atoms with Gasteiger partial charge in [0.05, 0.1) is 13.2 Å². The second-order valence-corrected chi connectivity index (χ2v) is 3.94. The van der Waals surface area contributed by atoms with Crippen molar-refractivity contribution < 1.29 is 18.3 Å². The highest BCUT2D eigenvalue weighted by Gasteiger charge is 2.17. The molecule has 0 aromatic carbocycles. The number of pyridine rings is 1. The molecule has 0 radical (unpaired) electrons. The molecule has 0 spiro atoms. The van der Waals surface area contributed by atoms with E-state index in [2.05, 4.69) is 20.9 Å². The predicted octanol–water partition coefficient (Wildman–Crippen LogP) is 2.05. The topological polar surface area (TPSA) is 36.4 Å². The second-order valence-electron chi connectivity index (χ2n) is 3.02. The fraction of sp³-hybridized carbons (Fsp3) is 0.444. The standard InChI is InChI=1S/C9H10BrF3N2O/c10-6-3-7(11)9(14-4-6)15(1-2-16)5-8(12)13/h3-4,8,16H,1-2,5H2. The average molecular weight is 299 g/mol. The molecule has 0 aliphatic rings. The van der Waals surface area contributed by atoms with E-state index in [-0.39, 0.29) is 19.0 Å². The quantitative estimate of drug-likeness (QED) is 0.904. The Labute approximate surface area is 99.0 Å². The summed E-state index contributed by atoms with van der Waals surface area (Å²) < 4.78 is 38.3. The maximum Gasteiger partial charge on any atom is 0.255 e. The van der Waals surface area contributed by atoms with Crippen LogP contribution in [0.4, 0.5) is 19.0 Å². The number of aliphatic hydroxyl groups is 1. The van der Waals surface area contributed by atoms with Crippen LogP contribution in [0.15, 0.2) is 16.7 Å². The van der Waals surface area contributed by atoms with Crippen molar-refractivity contribution in [2.24, 2.45) is 0 Å². The number of anilines is 1. The summed E-state index contributed by atoms with van der Waals surface area (Å²) in [5.74, 6) is -0.888. The van der Waals surface area contributed by atoms with Crippen LogP contribution in [-0.4, -0.2) is 36.2 Å². The summed E-state index contributed by atoms with van der Waals surface area (Å²) in [6, 6.07) is 1.14. The van der Waals surface area contributed by atoms with Gasteiger partial charge in [0.1, 0.15) is 0 Å². The minimum absolute atomic E-state index is 0.0874. The van der Waals surface area contributed by atoms with E-state index in [4.69, 9.17) is 5.11 Å². The molecule has 1 heterocycles. The molecular weight excluding hydrogens is 289 g/mol. The Kier molecular flexibility index (Phi) is 5.01. The predicted molar refractivity (Wildman–Crippen MR) is 57.2 cm³/mol. The Morgan fingerprint density at radius 1 is 1.50 bits per heavy atom. The zero-order chi connectivity index (χ0) is 12.1. The van der Waals surface area contributed by atoms with E-state index >= 15 is 0 Å². The first-order chi connectivity index (χ1) is 7.54. The Morgan fingerprint density at radius 3 is 2.69 bits per heavy atom. The van der Waals surface area contributed by atoms with Crippen molar-refractivity contribution in [1.82, 2.24) is 4.98 Å². The number of aliphatic hydroxyl groups excluding tert-OH is 1. The first-order valence-corrected chi connectivity index (χ1v) is 5.29. The van der Waals surface area contributed by atoms with Gasteiger partial charge in [0.15, 0.2) is 11.6 Å². The minimum atomic E-state index is -2.61. The van der Waals surface area contributed by atoms with E-state index in [9.17, 15) is 13.2 Å². The molecule has 0 atom stereocenters. The molecule has 0 fully saturated rings. The average Bonchev–Trinajstić information content (AvgIpc) is 2.16. The molecule has 0 amide bonds. The van der Waals surface area contributed by atoms with Gasteiger partial charge >= 0.3 is 0 Å². The molecule has 0 saturated carbocycles. The van der Waals surface area contributed by atoms with Crippen LogP contribution in [0.25, 0.3) is 0 Å². The Hall–Kier alpha value is -0.820. The molecule has 1 aromatic rings. The molecule has 0 unspecified atom stereocenters. The fourth-order valence-electron chi connectivity index (χ4n) is 1.21. The van der Waals surface area contributed by atoms with Gasteiger partial charge in [-0.25, -0.2) is 18.2 Å². The minimum Gasteiger partial charge on any atom is -0.395 e. The molecule has 1 rings (SSSR count). The van der Waals surface area contributed by atoms with Crippen molar-refractivity contribution in [1.29, 1.82) is 0 Å². The summed E-state index contributed by atoms with van der Waals surface area (Å²) in [5.41, 5.74) is 0. The summed E-state index contributed by atoms with van der Waals surface area (Å²) >= 11 is 3.02. The van der Waals surface area contributed by atoms with Gasteiger partial charge in [-0.15, -0.1) is 0 Å². The van der Waals surface area contributed by atoms with Crippen LogP contribution >= 0.6 is 15.9 Å². The number of nitrogens with zero attached hydrogens (tertiary/aromatic N) is 2. The van der Waals surface area contributed by atoms with E-state index < -0.39 is 18.8 Å². The molecule has 0 saturated heterocycles. The number of rotatable bonds is 5. The maximum atomic E-state index is 13.4. The third-order valence-corrected chi connectivity index (χ3v) is 2.25. The van der Waals surface area contributed by atoms with Gasteiger partial charge in [-0.2, -0.15) is 0 Å². The van der Waals surface area contributed by atoms with Crippen molar-refractivity contribution in [3.8, 4) is 0 Å². The van der Waals surface area contributed by atoms with Crippen LogP contribution in [0.5, 0.6) is 0 Å². The Bertz CT molecular complexity index is 352. The monoisotopic (exact) mass is 298 g/mol. The van der Waals surface area contributed by atoms with Crippen molar-refractivity contribution in [3.63, 3.8) is 0 Å². The molecule has 1 N–H and O–H groups in total. The molecule has 7 heteroatoms. The molecule has 16 heavy (non-hydrogen) atoms. The van der Waals surface area contributed by atoms with E-state index in [1.54, 1.807) is 0 Å². The molecular formula is C9H10BrF3N2O.